The number of imidazole rings is 1. The highest BCUT2D eigenvalue weighted by Gasteiger charge is 2.41. The van der Waals surface area contributed by atoms with E-state index in [-0.39, 0.29) is 18.1 Å². The van der Waals surface area contributed by atoms with Gasteiger partial charge in [0.2, 0.25) is 0 Å². The van der Waals surface area contributed by atoms with E-state index in [0.717, 1.165) is 4.31 Å². The van der Waals surface area contributed by atoms with Crippen molar-refractivity contribution in [1.82, 2.24) is 13.9 Å². The zero-order valence-corrected chi connectivity index (χ0v) is 10.3. The van der Waals surface area contributed by atoms with E-state index in [1.54, 1.807) is 18.5 Å². The van der Waals surface area contributed by atoms with Crippen LogP contribution in [0.1, 0.15) is 5.82 Å². The summed E-state index contributed by atoms with van der Waals surface area (Å²) in [6.45, 7) is 1.75. The summed E-state index contributed by atoms with van der Waals surface area (Å²) in [5.74, 6) is -0.970. The maximum absolute atomic E-state index is 12.0. The molecule has 0 aromatic carbocycles. The second-order valence-electron chi connectivity index (χ2n) is 4.09. The van der Waals surface area contributed by atoms with Gasteiger partial charge in [0.05, 0.1) is 5.92 Å². The Morgan fingerprint density at radius 2 is 2.12 bits per heavy atom. The first-order valence-corrected chi connectivity index (χ1v) is 6.49. The van der Waals surface area contributed by atoms with Crippen molar-refractivity contribution >= 4 is 16.0 Å². The SMILES string of the molecule is Cc1nc(S(=O)(=O)N2CC(C(=O)O)C2)cn1C. The second kappa shape index (κ2) is 3.81. The molecule has 1 aliphatic heterocycles. The van der Waals surface area contributed by atoms with Gasteiger partial charge in [-0.25, -0.2) is 13.4 Å². The Morgan fingerprint density at radius 3 is 2.53 bits per heavy atom. The first-order chi connectivity index (χ1) is 7.82. The van der Waals surface area contributed by atoms with E-state index in [1.165, 1.54) is 6.20 Å². The molecule has 0 aliphatic carbocycles. The fourth-order valence-corrected chi connectivity index (χ4v) is 3.13. The van der Waals surface area contributed by atoms with Crippen molar-refractivity contribution in [3.8, 4) is 0 Å². The van der Waals surface area contributed by atoms with E-state index in [0.29, 0.717) is 5.82 Å². The first kappa shape index (κ1) is 12.1. The zero-order valence-electron chi connectivity index (χ0n) is 9.49. The van der Waals surface area contributed by atoms with Gasteiger partial charge in [-0.2, -0.15) is 4.31 Å². The number of carboxylic acid groups (broad SMARTS) is 1. The Morgan fingerprint density at radius 1 is 1.53 bits per heavy atom. The van der Waals surface area contributed by atoms with Crippen molar-refractivity contribution in [3.63, 3.8) is 0 Å². The fourth-order valence-electron chi connectivity index (χ4n) is 1.57. The summed E-state index contributed by atoms with van der Waals surface area (Å²) in [6.07, 6.45) is 1.43. The molecule has 0 radical (unpaired) electrons. The van der Waals surface area contributed by atoms with E-state index < -0.39 is 21.9 Å². The van der Waals surface area contributed by atoms with Gasteiger partial charge in [-0.15, -0.1) is 0 Å². The Labute approximate surface area is 98.7 Å². The van der Waals surface area contributed by atoms with Crippen molar-refractivity contribution in [2.75, 3.05) is 13.1 Å². The van der Waals surface area contributed by atoms with Gasteiger partial charge in [-0.05, 0) is 6.92 Å². The molecule has 2 heterocycles. The molecule has 1 fully saturated rings. The van der Waals surface area contributed by atoms with Gasteiger partial charge in [0.1, 0.15) is 5.82 Å². The molecule has 1 saturated heterocycles. The highest BCUT2D eigenvalue weighted by atomic mass is 32.2. The van der Waals surface area contributed by atoms with Gasteiger partial charge in [-0.3, -0.25) is 4.79 Å². The molecule has 0 amide bonds. The Kier molecular flexibility index (Phi) is 2.70. The molecule has 2 rings (SSSR count). The summed E-state index contributed by atoms with van der Waals surface area (Å²) in [6, 6.07) is 0. The Hall–Kier alpha value is -1.41. The van der Waals surface area contributed by atoms with Crippen LogP contribution in [0.15, 0.2) is 11.2 Å². The van der Waals surface area contributed by atoms with E-state index in [4.69, 9.17) is 5.11 Å². The number of aliphatic carboxylic acids is 1. The molecule has 8 heteroatoms. The normalized spacial score (nSPS) is 18.0. The number of carboxylic acids is 1. The lowest BCUT2D eigenvalue weighted by atomic mass is 10.0. The minimum Gasteiger partial charge on any atom is -0.481 e. The highest BCUT2D eigenvalue weighted by molar-refractivity contribution is 7.89. The highest BCUT2D eigenvalue weighted by Crippen LogP contribution is 2.24. The summed E-state index contributed by atoms with van der Waals surface area (Å²) in [5, 5.41) is 8.67. The summed E-state index contributed by atoms with van der Waals surface area (Å²) >= 11 is 0. The quantitative estimate of drug-likeness (QED) is 0.785. The maximum atomic E-state index is 12.0. The average Bonchev–Trinajstić information content (AvgIpc) is 2.43. The molecule has 1 aromatic rings. The number of carbonyl (C=O) groups is 1. The van der Waals surface area contributed by atoms with Gasteiger partial charge in [0.25, 0.3) is 10.0 Å². The van der Waals surface area contributed by atoms with Crippen molar-refractivity contribution in [1.29, 1.82) is 0 Å². The van der Waals surface area contributed by atoms with Crippen molar-refractivity contribution in [2.24, 2.45) is 13.0 Å². The van der Waals surface area contributed by atoms with Crippen LogP contribution in [0.5, 0.6) is 0 Å². The van der Waals surface area contributed by atoms with Gasteiger partial charge in [-0.1, -0.05) is 0 Å². The molecule has 0 bridgehead atoms. The van der Waals surface area contributed by atoms with Crippen molar-refractivity contribution in [3.05, 3.63) is 12.0 Å². The largest absolute Gasteiger partial charge is 0.481 e. The Bertz CT molecular complexity index is 537. The van der Waals surface area contributed by atoms with Crippen LogP contribution < -0.4 is 0 Å². The van der Waals surface area contributed by atoms with E-state index in [2.05, 4.69) is 4.98 Å². The second-order valence-corrected chi connectivity index (χ2v) is 5.98. The molecule has 0 spiro atoms. The molecule has 0 saturated carbocycles. The molecule has 1 N–H and O–H groups in total. The molecule has 1 aromatic heterocycles. The third-order valence-electron chi connectivity index (χ3n) is 2.89. The van der Waals surface area contributed by atoms with Crippen LogP contribution in [0.3, 0.4) is 0 Å². The van der Waals surface area contributed by atoms with Crippen LogP contribution in [-0.4, -0.2) is 46.4 Å². The molecule has 17 heavy (non-hydrogen) atoms. The summed E-state index contributed by atoms with van der Waals surface area (Å²) in [7, 11) is -1.93. The van der Waals surface area contributed by atoms with Gasteiger partial charge >= 0.3 is 5.97 Å². The van der Waals surface area contributed by atoms with E-state index in [9.17, 15) is 13.2 Å². The maximum Gasteiger partial charge on any atom is 0.309 e. The van der Waals surface area contributed by atoms with Crippen molar-refractivity contribution in [2.45, 2.75) is 11.9 Å². The summed E-state index contributed by atoms with van der Waals surface area (Å²) in [5.41, 5.74) is 0. The smallest absolute Gasteiger partial charge is 0.309 e. The van der Waals surface area contributed by atoms with Crippen LogP contribution in [0.25, 0.3) is 0 Å². The third-order valence-corrected chi connectivity index (χ3v) is 4.59. The number of aromatic nitrogens is 2. The van der Waals surface area contributed by atoms with Gasteiger partial charge in [0, 0.05) is 26.3 Å². The van der Waals surface area contributed by atoms with Crippen LogP contribution in [0.4, 0.5) is 0 Å². The zero-order chi connectivity index (χ0) is 12.8. The number of hydrogen-bond acceptors (Lipinski definition) is 4. The molecule has 1 aliphatic rings. The average molecular weight is 259 g/mol. The van der Waals surface area contributed by atoms with Crippen LogP contribution in [-0.2, 0) is 21.9 Å². The molecule has 94 valence electrons. The lowest BCUT2D eigenvalue weighted by Crippen LogP contribution is -2.52. The lowest BCUT2D eigenvalue weighted by Gasteiger charge is -2.34. The minimum atomic E-state index is -3.63. The predicted molar refractivity (Wildman–Crippen MR) is 57.8 cm³/mol. The standard InChI is InChI=1S/C9H13N3O4S/c1-6-10-8(5-11(6)2)17(15,16)12-3-7(4-12)9(13)14/h5,7H,3-4H2,1-2H3,(H,13,14). The van der Waals surface area contributed by atoms with Crippen LogP contribution in [0, 0.1) is 12.8 Å². The number of aryl methyl sites for hydroxylation is 2. The molecule has 7 nitrogen and oxygen atoms in total. The third kappa shape index (κ3) is 1.93. The molecular formula is C9H13N3O4S. The van der Waals surface area contributed by atoms with Gasteiger partial charge < -0.3 is 9.67 Å². The van der Waals surface area contributed by atoms with Crippen LogP contribution >= 0.6 is 0 Å². The number of hydrogen-bond donors (Lipinski definition) is 1. The van der Waals surface area contributed by atoms with Crippen LogP contribution in [0.2, 0.25) is 0 Å². The van der Waals surface area contributed by atoms with E-state index >= 15 is 0 Å². The number of sulfonamides is 1. The molecule has 0 atom stereocenters. The van der Waals surface area contributed by atoms with Gasteiger partial charge in [0.15, 0.2) is 5.03 Å². The molecular weight excluding hydrogens is 246 g/mol. The minimum absolute atomic E-state index is 0.0211. The number of rotatable bonds is 3. The number of nitrogens with zero attached hydrogens (tertiary/aromatic N) is 3. The fraction of sp³-hybridized carbons (Fsp3) is 0.556. The van der Waals surface area contributed by atoms with Crippen molar-refractivity contribution < 1.29 is 18.3 Å². The summed E-state index contributed by atoms with van der Waals surface area (Å²) in [4.78, 5) is 14.5. The first-order valence-electron chi connectivity index (χ1n) is 5.05. The summed E-state index contributed by atoms with van der Waals surface area (Å²) < 4.78 is 26.8. The lowest BCUT2D eigenvalue weighted by molar-refractivity contribution is -0.145. The van der Waals surface area contributed by atoms with E-state index in [1.807, 2.05) is 0 Å². The predicted octanol–water partition coefficient (Wildman–Crippen LogP) is -0.566. The Balaban J connectivity index is 2.19. The molecule has 0 unspecified atom stereocenters. The topological polar surface area (TPSA) is 92.5 Å². The monoisotopic (exact) mass is 259 g/mol.